The van der Waals surface area contributed by atoms with Crippen molar-refractivity contribution in [2.24, 2.45) is 5.73 Å². The summed E-state index contributed by atoms with van der Waals surface area (Å²) in [6.07, 6.45) is 2.76. The highest BCUT2D eigenvalue weighted by atomic mass is 32.2. The first-order valence-corrected chi connectivity index (χ1v) is 10.1. The third-order valence-corrected chi connectivity index (χ3v) is 5.19. The first-order chi connectivity index (χ1) is 11.6. The van der Waals surface area contributed by atoms with Gasteiger partial charge in [-0.25, -0.2) is 22.2 Å². The van der Waals surface area contributed by atoms with E-state index in [1.165, 1.54) is 18.3 Å². The van der Waals surface area contributed by atoms with Gasteiger partial charge in [0.1, 0.15) is 21.5 Å². The smallest absolute Gasteiger partial charge is 0.243 e. The number of carbonyl (C=O) groups excluding carboxylic acids is 1. The fourth-order valence-corrected chi connectivity index (χ4v) is 3.49. The van der Waals surface area contributed by atoms with Crippen molar-refractivity contribution >= 4 is 32.2 Å². The van der Waals surface area contributed by atoms with Gasteiger partial charge in [0.2, 0.25) is 5.91 Å². The number of nitrogens with two attached hydrogens (primary N) is 1. The Morgan fingerprint density at radius 3 is 2.76 bits per heavy atom. The van der Waals surface area contributed by atoms with Gasteiger partial charge in [0.05, 0.1) is 11.8 Å². The van der Waals surface area contributed by atoms with Gasteiger partial charge >= 0.3 is 0 Å². The van der Waals surface area contributed by atoms with Crippen molar-refractivity contribution in [1.82, 2.24) is 4.98 Å². The van der Waals surface area contributed by atoms with Crippen LogP contribution < -0.4 is 11.1 Å². The zero-order valence-electron chi connectivity index (χ0n) is 13.3. The number of thiazole rings is 1. The van der Waals surface area contributed by atoms with Gasteiger partial charge < -0.3 is 11.1 Å². The number of hydrogen-bond donors (Lipinski definition) is 2. The minimum Gasteiger partial charge on any atom is -0.320 e. The van der Waals surface area contributed by atoms with Crippen molar-refractivity contribution in [1.29, 1.82) is 0 Å². The quantitative estimate of drug-likeness (QED) is 0.751. The number of halogens is 2. The van der Waals surface area contributed by atoms with Gasteiger partial charge in [-0.15, -0.1) is 11.3 Å². The van der Waals surface area contributed by atoms with Gasteiger partial charge in [-0.1, -0.05) is 6.07 Å². The molecule has 1 aromatic heterocycles. The number of aromatic nitrogens is 1. The maximum atomic E-state index is 13.6. The van der Waals surface area contributed by atoms with Gasteiger partial charge in [0, 0.05) is 29.8 Å². The van der Waals surface area contributed by atoms with Crippen LogP contribution in [0.5, 0.6) is 0 Å². The van der Waals surface area contributed by atoms with Crippen LogP contribution in [0.25, 0.3) is 0 Å². The lowest BCUT2D eigenvalue weighted by Gasteiger charge is -2.09. The van der Waals surface area contributed by atoms with Crippen LogP contribution in [0.1, 0.15) is 16.9 Å². The van der Waals surface area contributed by atoms with Crippen LogP contribution in [-0.4, -0.2) is 37.4 Å². The Balaban J connectivity index is 1.95. The molecule has 1 heterocycles. The van der Waals surface area contributed by atoms with Crippen LogP contribution in [0.15, 0.2) is 24.4 Å². The number of rotatable bonds is 7. The maximum Gasteiger partial charge on any atom is 0.243 e. The number of hydrogen-bond acceptors (Lipinski definition) is 6. The topological polar surface area (TPSA) is 102 Å². The predicted octanol–water partition coefficient (Wildman–Crippen LogP) is 1.71. The Hall–Kier alpha value is -1.91. The normalized spacial score (nSPS) is 12.8. The van der Waals surface area contributed by atoms with Crippen LogP contribution in [0, 0.1) is 11.6 Å². The molecule has 0 saturated heterocycles. The van der Waals surface area contributed by atoms with Gasteiger partial charge in [-0.2, -0.15) is 0 Å². The average Bonchev–Trinajstić information content (AvgIpc) is 2.94. The highest BCUT2D eigenvalue weighted by Crippen LogP contribution is 2.23. The summed E-state index contributed by atoms with van der Waals surface area (Å²) in [4.78, 5) is 16.6. The summed E-state index contributed by atoms with van der Waals surface area (Å²) >= 11 is 1.13. The van der Waals surface area contributed by atoms with E-state index in [1.54, 1.807) is 0 Å². The molecule has 0 spiro atoms. The first-order valence-electron chi connectivity index (χ1n) is 7.27. The number of nitrogens with one attached hydrogen (secondary N) is 1. The van der Waals surface area contributed by atoms with E-state index in [2.05, 4.69) is 10.3 Å². The van der Waals surface area contributed by atoms with Crippen LogP contribution >= 0.6 is 11.3 Å². The summed E-state index contributed by atoms with van der Waals surface area (Å²) in [7, 11) is -3.20. The molecule has 1 amide bonds. The zero-order chi connectivity index (χ0) is 18.6. The number of carbonyl (C=O) groups is 1. The van der Waals surface area contributed by atoms with E-state index in [0.717, 1.165) is 23.7 Å². The fourth-order valence-electron chi connectivity index (χ4n) is 1.97. The molecule has 1 unspecified atom stereocenters. The molecule has 0 aliphatic heterocycles. The monoisotopic (exact) mass is 389 g/mol. The number of nitrogens with zero attached hydrogens (tertiary/aromatic N) is 1. The Kier molecular flexibility index (Phi) is 6.20. The Labute approximate surface area is 148 Å². The molecule has 0 aliphatic carbocycles. The maximum absolute atomic E-state index is 13.6. The summed E-state index contributed by atoms with van der Waals surface area (Å²) in [5.74, 6) is -2.03. The summed E-state index contributed by atoms with van der Waals surface area (Å²) in [5.41, 5.74) is 5.96. The van der Waals surface area contributed by atoms with Crippen molar-refractivity contribution in [3.8, 4) is 0 Å². The fraction of sp³-hybridized carbons (Fsp3) is 0.333. The molecule has 0 bridgehead atoms. The number of amides is 1. The first kappa shape index (κ1) is 19.4. The molecule has 2 rings (SSSR count). The summed E-state index contributed by atoms with van der Waals surface area (Å²) in [5, 5.41) is 2.78. The summed E-state index contributed by atoms with van der Waals surface area (Å²) < 4.78 is 48.7. The molecular weight excluding hydrogens is 372 g/mol. The van der Waals surface area contributed by atoms with E-state index in [9.17, 15) is 22.0 Å². The number of anilines is 1. The minimum atomic E-state index is -3.20. The van der Waals surface area contributed by atoms with E-state index in [1.807, 2.05) is 0 Å². The van der Waals surface area contributed by atoms with E-state index < -0.39 is 33.4 Å². The van der Waals surface area contributed by atoms with Crippen molar-refractivity contribution in [3.63, 3.8) is 0 Å². The van der Waals surface area contributed by atoms with E-state index in [0.29, 0.717) is 10.4 Å². The molecule has 10 heteroatoms. The summed E-state index contributed by atoms with van der Waals surface area (Å²) in [6.45, 7) is 0. The van der Waals surface area contributed by atoms with E-state index in [4.69, 9.17) is 5.73 Å². The molecule has 2 aromatic rings. The highest BCUT2D eigenvalue weighted by molar-refractivity contribution is 7.90. The third kappa shape index (κ3) is 6.15. The lowest BCUT2D eigenvalue weighted by Crippen LogP contribution is -2.37. The Morgan fingerprint density at radius 1 is 1.40 bits per heavy atom. The predicted molar refractivity (Wildman–Crippen MR) is 92.2 cm³/mol. The second-order valence-electron chi connectivity index (χ2n) is 5.56. The SMILES string of the molecule is CS(=O)(=O)CCC(N)C(=O)Nc1ncc(Cc2ccc(F)cc2F)s1. The highest BCUT2D eigenvalue weighted by Gasteiger charge is 2.17. The number of sulfone groups is 1. The van der Waals surface area contributed by atoms with Crippen LogP contribution in [0.2, 0.25) is 0 Å². The molecule has 0 aliphatic rings. The molecule has 136 valence electrons. The van der Waals surface area contributed by atoms with Crippen molar-refractivity contribution in [3.05, 3.63) is 46.5 Å². The molecule has 0 radical (unpaired) electrons. The van der Waals surface area contributed by atoms with Gasteiger partial charge in [0.25, 0.3) is 0 Å². The van der Waals surface area contributed by atoms with Gasteiger partial charge in [-0.3, -0.25) is 4.79 Å². The van der Waals surface area contributed by atoms with E-state index in [-0.39, 0.29) is 23.7 Å². The van der Waals surface area contributed by atoms with Crippen LogP contribution in [0.4, 0.5) is 13.9 Å². The second kappa shape index (κ2) is 7.98. The zero-order valence-corrected chi connectivity index (χ0v) is 15.0. The van der Waals surface area contributed by atoms with Crippen molar-refractivity contribution < 1.29 is 22.0 Å². The summed E-state index contributed by atoms with van der Waals surface area (Å²) in [6, 6.07) is 2.35. The molecule has 1 aromatic carbocycles. The lowest BCUT2D eigenvalue weighted by atomic mass is 10.1. The molecular formula is C15H17F2N3O3S2. The van der Waals surface area contributed by atoms with Gasteiger partial charge in [0.15, 0.2) is 5.13 Å². The molecule has 0 saturated carbocycles. The largest absolute Gasteiger partial charge is 0.320 e. The molecule has 3 N–H and O–H groups in total. The van der Waals surface area contributed by atoms with Crippen LogP contribution in [-0.2, 0) is 21.1 Å². The van der Waals surface area contributed by atoms with Crippen molar-refractivity contribution in [2.45, 2.75) is 18.9 Å². The van der Waals surface area contributed by atoms with Crippen LogP contribution in [0.3, 0.4) is 0 Å². The van der Waals surface area contributed by atoms with Crippen molar-refractivity contribution in [2.75, 3.05) is 17.3 Å². The number of benzene rings is 1. The Morgan fingerprint density at radius 2 is 2.12 bits per heavy atom. The second-order valence-corrected chi connectivity index (χ2v) is 8.93. The lowest BCUT2D eigenvalue weighted by molar-refractivity contribution is -0.117. The average molecular weight is 389 g/mol. The molecule has 25 heavy (non-hydrogen) atoms. The third-order valence-electron chi connectivity index (χ3n) is 3.30. The Bertz CT molecular complexity index is 869. The molecule has 1 atom stereocenters. The van der Waals surface area contributed by atoms with Gasteiger partial charge in [-0.05, 0) is 18.1 Å². The molecule has 0 fully saturated rings. The van der Waals surface area contributed by atoms with E-state index >= 15 is 0 Å². The standard InChI is InChI=1S/C15H17F2N3O3S2/c1-25(22,23)5-4-13(18)14(21)20-15-19-8-11(24-15)6-9-2-3-10(16)7-12(9)17/h2-3,7-8,13H,4-6,18H2,1H3,(H,19,20,21). The minimum absolute atomic E-state index is 0.00366. The molecule has 6 nitrogen and oxygen atoms in total.